The summed E-state index contributed by atoms with van der Waals surface area (Å²) in [5.74, 6) is 1.27. The second-order valence-electron chi connectivity index (χ2n) is 3.39. The van der Waals surface area contributed by atoms with Gasteiger partial charge in [0.15, 0.2) is 0 Å². The normalized spacial score (nSPS) is 10.0. The third-order valence-corrected chi connectivity index (χ3v) is 2.53. The second-order valence-corrected chi connectivity index (χ2v) is 3.80. The van der Waals surface area contributed by atoms with Crippen LogP contribution in [0.1, 0.15) is 5.56 Å². The predicted molar refractivity (Wildman–Crippen MR) is 67.4 cm³/mol. The molecule has 0 aliphatic heterocycles. The zero-order chi connectivity index (χ0) is 12.1. The zero-order valence-corrected chi connectivity index (χ0v) is 10.1. The SMILES string of the molecule is COc1ccc(CNc2ncccn2)cc1Cl. The van der Waals surface area contributed by atoms with Crippen LogP contribution in [-0.2, 0) is 6.54 Å². The number of benzene rings is 1. The maximum absolute atomic E-state index is 6.03. The van der Waals surface area contributed by atoms with E-state index >= 15 is 0 Å². The number of aromatic nitrogens is 2. The van der Waals surface area contributed by atoms with Gasteiger partial charge < -0.3 is 10.1 Å². The fourth-order valence-electron chi connectivity index (χ4n) is 1.39. The van der Waals surface area contributed by atoms with Crippen LogP contribution in [0, 0.1) is 0 Å². The van der Waals surface area contributed by atoms with Crippen LogP contribution in [0.3, 0.4) is 0 Å². The van der Waals surface area contributed by atoms with Crippen LogP contribution in [0.25, 0.3) is 0 Å². The molecule has 88 valence electrons. The van der Waals surface area contributed by atoms with E-state index in [0.717, 1.165) is 5.56 Å². The number of rotatable bonds is 4. The molecule has 0 aliphatic carbocycles. The number of hydrogen-bond acceptors (Lipinski definition) is 4. The fourth-order valence-corrected chi connectivity index (χ4v) is 1.67. The molecule has 0 aliphatic rings. The Morgan fingerprint density at radius 1 is 1.29 bits per heavy atom. The summed E-state index contributed by atoms with van der Waals surface area (Å²) >= 11 is 6.03. The van der Waals surface area contributed by atoms with Crippen molar-refractivity contribution in [2.45, 2.75) is 6.54 Å². The van der Waals surface area contributed by atoms with Crippen molar-refractivity contribution in [1.82, 2.24) is 9.97 Å². The molecular formula is C12H12ClN3O. The number of methoxy groups -OCH3 is 1. The minimum atomic E-state index is 0.597. The van der Waals surface area contributed by atoms with Gasteiger partial charge in [-0.15, -0.1) is 0 Å². The first-order chi connectivity index (χ1) is 8.29. The van der Waals surface area contributed by atoms with Gasteiger partial charge in [-0.1, -0.05) is 17.7 Å². The Balaban J connectivity index is 2.02. The molecule has 1 aromatic carbocycles. The average Bonchev–Trinajstić information content (AvgIpc) is 2.38. The van der Waals surface area contributed by atoms with Crippen molar-refractivity contribution >= 4 is 17.5 Å². The first kappa shape index (κ1) is 11.7. The molecule has 0 saturated heterocycles. The van der Waals surface area contributed by atoms with Crippen LogP contribution >= 0.6 is 11.6 Å². The maximum atomic E-state index is 6.03. The Morgan fingerprint density at radius 3 is 2.71 bits per heavy atom. The second kappa shape index (κ2) is 5.50. The maximum Gasteiger partial charge on any atom is 0.222 e. The summed E-state index contributed by atoms with van der Waals surface area (Å²) in [5, 5.41) is 3.70. The first-order valence-electron chi connectivity index (χ1n) is 5.13. The Labute approximate surface area is 105 Å². The number of nitrogens with one attached hydrogen (secondary N) is 1. The largest absolute Gasteiger partial charge is 0.495 e. The summed E-state index contributed by atoms with van der Waals surface area (Å²) in [6, 6.07) is 7.41. The van der Waals surface area contributed by atoms with Gasteiger partial charge in [-0.3, -0.25) is 0 Å². The molecule has 0 unspecified atom stereocenters. The summed E-state index contributed by atoms with van der Waals surface area (Å²) in [6.45, 7) is 0.619. The highest BCUT2D eigenvalue weighted by molar-refractivity contribution is 6.32. The van der Waals surface area contributed by atoms with Gasteiger partial charge in [-0.2, -0.15) is 0 Å². The Bertz CT molecular complexity index is 490. The van der Waals surface area contributed by atoms with E-state index in [1.54, 1.807) is 25.6 Å². The molecule has 1 heterocycles. The highest BCUT2D eigenvalue weighted by Gasteiger charge is 2.02. The molecule has 1 aromatic heterocycles. The number of nitrogens with zero attached hydrogens (tertiary/aromatic N) is 2. The molecule has 0 saturated carbocycles. The Morgan fingerprint density at radius 2 is 2.06 bits per heavy atom. The quantitative estimate of drug-likeness (QED) is 0.905. The summed E-state index contributed by atoms with van der Waals surface area (Å²) in [7, 11) is 1.59. The van der Waals surface area contributed by atoms with Crippen molar-refractivity contribution in [1.29, 1.82) is 0 Å². The minimum absolute atomic E-state index is 0.597. The smallest absolute Gasteiger partial charge is 0.222 e. The lowest BCUT2D eigenvalue weighted by Crippen LogP contribution is -2.02. The molecule has 0 fully saturated rings. The lowest BCUT2D eigenvalue weighted by molar-refractivity contribution is 0.415. The number of ether oxygens (including phenoxy) is 1. The van der Waals surface area contributed by atoms with Crippen molar-refractivity contribution in [3.8, 4) is 5.75 Å². The van der Waals surface area contributed by atoms with Crippen LogP contribution in [0.2, 0.25) is 5.02 Å². The Kier molecular flexibility index (Phi) is 3.77. The fraction of sp³-hybridized carbons (Fsp3) is 0.167. The van der Waals surface area contributed by atoms with Crippen molar-refractivity contribution < 1.29 is 4.74 Å². The van der Waals surface area contributed by atoms with Gasteiger partial charge >= 0.3 is 0 Å². The molecule has 2 aromatic rings. The lowest BCUT2D eigenvalue weighted by atomic mass is 10.2. The van der Waals surface area contributed by atoms with E-state index in [-0.39, 0.29) is 0 Å². The van der Waals surface area contributed by atoms with Gasteiger partial charge in [-0.05, 0) is 23.8 Å². The van der Waals surface area contributed by atoms with Gasteiger partial charge in [0.2, 0.25) is 5.95 Å². The molecule has 0 spiro atoms. The van der Waals surface area contributed by atoms with Gasteiger partial charge in [0, 0.05) is 18.9 Å². The summed E-state index contributed by atoms with van der Waals surface area (Å²) < 4.78 is 5.09. The third-order valence-electron chi connectivity index (χ3n) is 2.23. The first-order valence-corrected chi connectivity index (χ1v) is 5.50. The zero-order valence-electron chi connectivity index (χ0n) is 9.35. The van der Waals surface area contributed by atoms with Crippen LogP contribution in [0.5, 0.6) is 5.75 Å². The molecule has 0 radical (unpaired) electrons. The van der Waals surface area contributed by atoms with Crippen LogP contribution in [0.15, 0.2) is 36.7 Å². The standard InChI is InChI=1S/C12H12ClN3O/c1-17-11-4-3-9(7-10(11)13)8-16-12-14-5-2-6-15-12/h2-7H,8H2,1H3,(H,14,15,16). The van der Waals surface area contributed by atoms with E-state index in [4.69, 9.17) is 16.3 Å². The van der Waals surface area contributed by atoms with Crippen molar-refractivity contribution in [3.63, 3.8) is 0 Å². The van der Waals surface area contributed by atoms with E-state index in [1.807, 2.05) is 18.2 Å². The highest BCUT2D eigenvalue weighted by Crippen LogP contribution is 2.25. The topological polar surface area (TPSA) is 47.0 Å². The van der Waals surface area contributed by atoms with Gasteiger partial charge in [-0.25, -0.2) is 9.97 Å². The molecular weight excluding hydrogens is 238 g/mol. The molecule has 5 heteroatoms. The molecule has 17 heavy (non-hydrogen) atoms. The average molecular weight is 250 g/mol. The molecule has 0 amide bonds. The third kappa shape index (κ3) is 3.07. The van der Waals surface area contributed by atoms with Crippen LogP contribution < -0.4 is 10.1 Å². The minimum Gasteiger partial charge on any atom is -0.495 e. The Hall–Kier alpha value is -1.81. The number of anilines is 1. The highest BCUT2D eigenvalue weighted by atomic mass is 35.5. The summed E-state index contributed by atoms with van der Waals surface area (Å²) in [5.41, 5.74) is 1.04. The van der Waals surface area contributed by atoms with E-state index < -0.39 is 0 Å². The molecule has 2 rings (SSSR count). The predicted octanol–water partition coefficient (Wildman–Crippen LogP) is 2.75. The lowest BCUT2D eigenvalue weighted by Gasteiger charge is -2.07. The van der Waals surface area contributed by atoms with E-state index in [0.29, 0.717) is 23.3 Å². The summed E-state index contributed by atoms with van der Waals surface area (Å²) in [6.07, 6.45) is 3.38. The van der Waals surface area contributed by atoms with Crippen LogP contribution in [0.4, 0.5) is 5.95 Å². The van der Waals surface area contributed by atoms with E-state index in [9.17, 15) is 0 Å². The van der Waals surface area contributed by atoms with Crippen LogP contribution in [-0.4, -0.2) is 17.1 Å². The molecule has 0 atom stereocenters. The van der Waals surface area contributed by atoms with Gasteiger partial charge in [0.25, 0.3) is 0 Å². The number of hydrogen-bond donors (Lipinski definition) is 1. The van der Waals surface area contributed by atoms with E-state index in [1.165, 1.54) is 0 Å². The molecule has 0 bridgehead atoms. The van der Waals surface area contributed by atoms with Crippen molar-refractivity contribution in [2.75, 3.05) is 12.4 Å². The van der Waals surface area contributed by atoms with Crippen molar-refractivity contribution in [2.24, 2.45) is 0 Å². The van der Waals surface area contributed by atoms with Gasteiger partial charge in [0.05, 0.1) is 12.1 Å². The molecule has 4 nitrogen and oxygen atoms in total. The summed E-state index contributed by atoms with van der Waals surface area (Å²) in [4.78, 5) is 8.14. The van der Waals surface area contributed by atoms with Gasteiger partial charge in [0.1, 0.15) is 5.75 Å². The van der Waals surface area contributed by atoms with E-state index in [2.05, 4.69) is 15.3 Å². The monoisotopic (exact) mass is 249 g/mol. The van der Waals surface area contributed by atoms with Crippen molar-refractivity contribution in [3.05, 3.63) is 47.2 Å². The number of halogens is 1. The molecule has 1 N–H and O–H groups in total.